The molecule has 1 N–H and O–H groups in total. The first kappa shape index (κ1) is 15.4. The Morgan fingerprint density at radius 2 is 1.82 bits per heavy atom. The van der Waals surface area contributed by atoms with Gasteiger partial charge < -0.3 is 9.76 Å². The molecule has 0 amide bonds. The minimum Gasteiger partial charge on any atom is -0.462 e. The third-order valence-electron chi connectivity index (χ3n) is 2.97. The average molecular weight is 287 g/mol. The van der Waals surface area contributed by atoms with E-state index in [1.165, 1.54) is 0 Å². The largest absolute Gasteiger partial charge is 0.462 e. The minimum atomic E-state index is 0.0522. The first-order valence-electron chi connectivity index (χ1n) is 6.54. The van der Waals surface area contributed by atoms with Crippen LogP contribution < -0.4 is 5.46 Å². The zero-order valence-electron chi connectivity index (χ0n) is 11.9. The van der Waals surface area contributed by atoms with Gasteiger partial charge in [-0.05, 0) is 30.7 Å². The van der Waals surface area contributed by atoms with Crippen LogP contribution in [-0.4, -0.2) is 12.5 Å². The van der Waals surface area contributed by atoms with Gasteiger partial charge in [-0.2, -0.15) is 10.5 Å². The summed E-state index contributed by atoms with van der Waals surface area (Å²) in [5.74, 6) is 1.17. The zero-order chi connectivity index (χ0) is 15.9. The maximum absolute atomic E-state index is 8.94. The summed E-state index contributed by atoms with van der Waals surface area (Å²) >= 11 is 0. The van der Waals surface area contributed by atoms with Gasteiger partial charge in [0.1, 0.15) is 29.2 Å². The number of rotatable bonds is 3. The van der Waals surface area contributed by atoms with Crippen LogP contribution in [0.3, 0.4) is 0 Å². The zero-order valence-corrected chi connectivity index (χ0v) is 11.9. The molecule has 1 aliphatic heterocycles. The molecule has 22 heavy (non-hydrogen) atoms. The van der Waals surface area contributed by atoms with Crippen LogP contribution in [0.2, 0.25) is 0 Å². The van der Waals surface area contributed by atoms with Crippen molar-refractivity contribution in [3.63, 3.8) is 0 Å². The van der Waals surface area contributed by atoms with Crippen molar-refractivity contribution < 1.29 is 9.76 Å². The second kappa shape index (κ2) is 7.13. The van der Waals surface area contributed by atoms with Crippen molar-refractivity contribution in [2.45, 2.75) is 6.92 Å². The Morgan fingerprint density at radius 1 is 1.14 bits per heavy atom. The van der Waals surface area contributed by atoms with Gasteiger partial charge in [0.25, 0.3) is 0 Å². The molecule has 0 aliphatic carbocycles. The summed E-state index contributed by atoms with van der Waals surface area (Å²) in [4.78, 5) is 0. The molecule has 0 fully saturated rings. The number of allylic oxidation sites excluding steroid dienone is 6. The molecule has 0 aromatic heterocycles. The van der Waals surface area contributed by atoms with Gasteiger partial charge >= 0.3 is 7.48 Å². The molecule has 0 saturated heterocycles. The standard InChI is InChI=1S/C17H12BN2O2/c1-12-8-14(15(10-19)11-20)9-17(22-12)7-4-13-2-5-16(18-21)6-3-13/h2-9,21H,1H3. The van der Waals surface area contributed by atoms with Crippen LogP contribution in [-0.2, 0) is 4.74 Å². The fourth-order valence-electron chi connectivity index (χ4n) is 1.91. The Labute approximate surface area is 129 Å². The van der Waals surface area contributed by atoms with Gasteiger partial charge in [-0.3, -0.25) is 0 Å². The summed E-state index contributed by atoms with van der Waals surface area (Å²) in [6.07, 6.45) is 6.92. The van der Waals surface area contributed by atoms with Gasteiger partial charge in [-0.25, -0.2) is 0 Å². The van der Waals surface area contributed by atoms with Crippen LogP contribution in [0.25, 0.3) is 6.08 Å². The van der Waals surface area contributed by atoms with E-state index in [2.05, 4.69) is 0 Å². The minimum absolute atomic E-state index is 0.0522. The number of hydrogen-bond acceptors (Lipinski definition) is 4. The molecule has 1 radical (unpaired) electrons. The maximum Gasteiger partial charge on any atom is 0.326 e. The monoisotopic (exact) mass is 287 g/mol. The van der Waals surface area contributed by atoms with Crippen LogP contribution in [0.1, 0.15) is 12.5 Å². The van der Waals surface area contributed by atoms with Crippen LogP contribution >= 0.6 is 0 Å². The molecule has 1 heterocycles. The van der Waals surface area contributed by atoms with Crippen molar-refractivity contribution in [2.75, 3.05) is 0 Å². The fraction of sp³-hybridized carbons (Fsp3) is 0.0588. The van der Waals surface area contributed by atoms with Crippen molar-refractivity contribution in [3.8, 4) is 12.1 Å². The van der Waals surface area contributed by atoms with E-state index >= 15 is 0 Å². The van der Waals surface area contributed by atoms with E-state index in [4.69, 9.17) is 20.3 Å². The Kier molecular flexibility index (Phi) is 4.98. The van der Waals surface area contributed by atoms with Crippen molar-refractivity contribution in [3.05, 3.63) is 70.7 Å². The van der Waals surface area contributed by atoms with E-state index in [9.17, 15) is 0 Å². The predicted octanol–water partition coefficient (Wildman–Crippen LogP) is 2.10. The molecule has 1 aromatic rings. The Bertz CT molecular complexity index is 756. The van der Waals surface area contributed by atoms with Gasteiger partial charge in [-0.1, -0.05) is 35.8 Å². The first-order valence-corrected chi connectivity index (χ1v) is 6.54. The highest BCUT2D eigenvalue weighted by Gasteiger charge is 2.10. The van der Waals surface area contributed by atoms with Crippen LogP contribution in [0.4, 0.5) is 0 Å². The SMILES string of the molecule is CC1=CC(=C(C#N)C#N)C=C(C=Cc2ccc([B]O)cc2)O1. The highest BCUT2D eigenvalue weighted by molar-refractivity contribution is 6.45. The van der Waals surface area contributed by atoms with Crippen molar-refractivity contribution in [1.29, 1.82) is 10.5 Å². The third-order valence-corrected chi connectivity index (χ3v) is 2.97. The van der Waals surface area contributed by atoms with Crippen molar-refractivity contribution in [2.24, 2.45) is 0 Å². The Balaban J connectivity index is 2.25. The second-order valence-corrected chi connectivity index (χ2v) is 4.59. The van der Waals surface area contributed by atoms with Crippen LogP contribution in [0.5, 0.6) is 0 Å². The topological polar surface area (TPSA) is 77.0 Å². The molecule has 1 aliphatic rings. The molecule has 0 saturated carbocycles. The highest BCUT2D eigenvalue weighted by Crippen LogP contribution is 2.22. The van der Waals surface area contributed by atoms with Gasteiger partial charge in [-0.15, -0.1) is 0 Å². The summed E-state index contributed by atoms with van der Waals surface area (Å²) in [7, 11) is 1.04. The lowest BCUT2D eigenvalue weighted by Crippen LogP contribution is -2.11. The van der Waals surface area contributed by atoms with E-state index < -0.39 is 0 Å². The summed E-state index contributed by atoms with van der Waals surface area (Å²) < 4.78 is 5.56. The number of hydrogen-bond donors (Lipinski definition) is 1. The van der Waals surface area contributed by atoms with Gasteiger partial charge in [0.15, 0.2) is 0 Å². The summed E-state index contributed by atoms with van der Waals surface area (Å²) in [6.45, 7) is 1.76. The molecule has 0 bridgehead atoms. The van der Waals surface area contributed by atoms with Crippen molar-refractivity contribution >= 4 is 19.0 Å². The first-order chi connectivity index (χ1) is 10.7. The van der Waals surface area contributed by atoms with Crippen LogP contribution in [0.15, 0.2) is 65.2 Å². The Hall–Kier alpha value is -3.02. The van der Waals surface area contributed by atoms with Gasteiger partial charge in [0.05, 0.1) is 0 Å². The predicted molar refractivity (Wildman–Crippen MR) is 84.3 cm³/mol. The molecule has 2 rings (SSSR count). The lowest BCUT2D eigenvalue weighted by Gasteiger charge is -2.13. The number of benzene rings is 1. The van der Waals surface area contributed by atoms with Gasteiger partial charge in [0, 0.05) is 5.57 Å². The molecular weight excluding hydrogens is 275 g/mol. The lowest BCUT2D eigenvalue weighted by atomic mass is 9.88. The normalized spacial score (nSPS) is 13.5. The molecule has 0 spiro atoms. The molecule has 105 valence electrons. The molecule has 4 nitrogen and oxygen atoms in total. The number of ether oxygens (including phenoxy) is 1. The number of nitriles is 2. The quantitative estimate of drug-likeness (QED) is 0.682. The smallest absolute Gasteiger partial charge is 0.326 e. The fourth-order valence-corrected chi connectivity index (χ4v) is 1.91. The third kappa shape index (κ3) is 3.76. The molecule has 0 unspecified atom stereocenters. The van der Waals surface area contributed by atoms with Crippen molar-refractivity contribution in [1.82, 2.24) is 0 Å². The highest BCUT2D eigenvalue weighted by atomic mass is 16.5. The average Bonchev–Trinajstić information content (AvgIpc) is 2.54. The summed E-state index contributed by atoms with van der Waals surface area (Å²) in [5.41, 5.74) is 2.26. The van der Waals surface area contributed by atoms with E-state index in [-0.39, 0.29) is 5.57 Å². The Morgan fingerprint density at radius 3 is 2.41 bits per heavy atom. The molecule has 1 aromatic carbocycles. The summed E-state index contributed by atoms with van der Waals surface area (Å²) in [5, 5.41) is 26.8. The summed E-state index contributed by atoms with van der Waals surface area (Å²) in [6, 6.07) is 11.0. The molecule has 0 atom stereocenters. The maximum atomic E-state index is 8.94. The van der Waals surface area contributed by atoms with E-state index in [0.717, 1.165) is 18.5 Å². The second-order valence-electron chi connectivity index (χ2n) is 4.59. The van der Waals surface area contributed by atoms with E-state index in [1.807, 2.05) is 30.3 Å². The van der Waals surface area contributed by atoms with E-state index in [1.54, 1.807) is 37.3 Å². The van der Waals surface area contributed by atoms with Crippen LogP contribution in [0, 0.1) is 22.7 Å². The van der Waals surface area contributed by atoms with Gasteiger partial charge in [0.2, 0.25) is 0 Å². The number of nitrogens with zero attached hydrogens (tertiary/aromatic N) is 2. The van der Waals surface area contributed by atoms with E-state index in [0.29, 0.717) is 17.1 Å². The molecular formula is C17H12BN2O2. The molecule has 5 heteroatoms. The lowest BCUT2D eigenvalue weighted by molar-refractivity contribution is 0.318.